The predicted molar refractivity (Wildman–Crippen MR) is 145 cm³/mol. The fraction of sp³-hybridized carbons (Fsp3) is 0.393. The summed E-state index contributed by atoms with van der Waals surface area (Å²) in [5, 5.41) is 21.9. The smallest absolute Gasteiger partial charge is 0.480 e. The number of carbonyl (C=O) groups excluding carboxylic acids is 3. The Kier molecular flexibility index (Phi) is 13.6. The number of halogens is 3. The molecule has 1 heterocycles. The summed E-state index contributed by atoms with van der Waals surface area (Å²) in [4.78, 5) is 60.5. The van der Waals surface area contributed by atoms with Crippen molar-refractivity contribution in [2.75, 3.05) is 19.7 Å². The van der Waals surface area contributed by atoms with Crippen molar-refractivity contribution >= 4 is 29.7 Å². The first-order valence-electron chi connectivity index (χ1n) is 13.1. The number of ether oxygens (including phenoxy) is 1. The highest BCUT2D eigenvalue weighted by Crippen LogP contribution is 2.19. The van der Waals surface area contributed by atoms with Crippen molar-refractivity contribution in [3.05, 3.63) is 71.8 Å². The largest absolute Gasteiger partial charge is 0.490 e. The average molecular weight is 611 g/mol. The summed E-state index contributed by atoms with van der Waals surface area (Å²) in [6, 6.07) is 15.4. The van der Waals surface area contributed by atoms with Crippen LogP contribution in [0.5, 0.6) is 0 Å². The highest BCUT2D eigenvalue weighted by molar-refractivity contribution is 5.94. The Bertz CT molecular complexity index is 1230. The minimum absolute atomic E-state index is 0.162. The topological polar surface area (TPSA) is 188 Å². The number of likely N-dealkylation sites (tertiary alicyclic amines) is 1. The molecule has 0 unspecified atom stereocenters. The van der Waals surface area contributed by atoms with Gasteiger partial charge in [-0.2, -0.15) is 13.2 Å². The van der Waals surface area contributed by atoms with Crippen molar-refractivity contribution < 1.29 is 52.1 Å². The van der Waals surface area contributed by atoms with Crippen LogP contribution in [0.2, 0.25) is 0 Å². The number of amides is 3. The summed E-state index contributed by atoms with van der Waals surface area (Å²) in [5.41, 5.74) is 7.13. The quantitative estimate of drug-likeness (QED) is 0.234. The summed E-state index contributed by atoms with van der Waals surface area (Å²) in [5.74, 6) is -5.49. The minimum atomic E-state index is -5.08. The molecule has 234 valence electrons. The Hall–Kier alpha value is -4.50. The van der Waals surface area contributed by atoms with E-state index < -0.39 is 54.0 Å². The third-order valence-electron chi connectivity index (χ3n) is 6.19. The standard InChI is InChI=1S/C26H32N4O6.C2HF3O2/c27-15-23(31)28-20(14-18-8-3-1-4-9-18)24(32)29-21(17-36-16-19-10-5-2-6-11-19)25(33)30-13-7-12-22(30)26(34)35;3-2(4,5)1(6)7/h1-6,8-11,20-22H,7,12-17,27H2,(H,28,31)(H,29,32)(H,34,35);(H,6,7)/t20-,21-,22-;/m0./s1. The van der Waals surface area contributed by atoms with E-state index in [0.29, 0.717) is 12.8 Å². The lowest BCUT2D eigenvalue weighted by Crippen LogP contribution is -2.58. The zero-order valence-corrected chi connectivity index (χ0v) is 23.0. The van der Waals surface area contributed by atoms with Crippen molar-refractivity contribution in [1.82, 2.24) is 15.5 Å². The molecule has 6 N–H and O–H groups in total. The van der Waals surface area contributed by atoms with E-state index in [1.165, 1.54) is 4.90 Å². The molecule has 0 radical (unpaired) electrons. The second-order valence-electron chi connectivity index (χ2n) is 9.41. The van der Waals surface area contributed by atoms with E-state index in [1.54, 1.807) is 0 Å². The Morgan fingerprint density at radius 1 is 0.930 bits per heavy atom. The molecule has 0 bridgehead atoms. The summed E-state index contributed by atoms with van der Waals surface area (Å²) >= 11 is 0. The van der Waals surface area contributed by atoms with Crippen LogP contribution in [0.15, 0.2) is 60.7 Å². The van der Waals surface area contributed by atoms with Gasteiger partial charge in [0.25, 0.3) is 0 Å². The van der Waals surface area contributed by atoms with Crippen LogP contribution in [0.1, 0.15) is 24.0 Å². The van der Waals surface area contributed by atoms with Gasteiger partial charge in [0, 0.05) is 13.0 Å². The number of carboxylic acid groups (broad SMARTS) is 2. The van der Waals surface area contributed by atoms with Gasteiger partial charge in [0.1, 0.15) is 18.1 Å². The Morgan fingerprint density at radius 3 is 2.00 bits per heavy atom. The van der Waals surface area contributed by atoms with Crippen LogP contribution in [0.4, 0.5) is 13.2 Å². The first-order chi connectivity index (χ1) is 20.3. The van der Waals surface area contributed by atoms with Crippen molar-refractivity contribution in [2.24, 2.45) is 5.73 Å². The van der Waals surface area contributed by atoms with Gasteiger partial charge in [-0.05, 0) is 24.0 Å². The molecule has 1 aliphatic heterocycles. The van der Waals surface area contributed by atoms with E-state index in [-0.39, 0.29) is 32.7 Å². The molecule has 3 atom stereocenters. The van der Waals surface area contributed by atoms with E-state index in [1.807, 2.05) is 60.7 Å². The lowest BCUT2D eigenvalue weighted by atomic mass is 10.0. The number of nitrogens with two attached hydrogens (primary N) is 1. The normalized spacial score (nSPS) is 15.8. The molecule has 15 heteroatoms. The summed E-state index contributed by atoms with van der Waals surface area (Å²) in [7, 11) is 0. The number of aliphatic carboxylic acids is 2. The molecule has 0 spiro atoms. The number of benzene rings is 2. The highest BCUT2D eigenvalue weighted by atomic mass is 19.4. The Morgan fingerprint density at radius 2 is 1.49 bits per heavy atom. The molecule has 1 saturated heterocycles. The van der Waals surface area contributed by atoms with Crippen molar-refractivity contribution in [3.8, 4) is 0 Å². The molecule has 3 rings (SSSR count). The maximum Gasteiger partial charge on any atom is 0.490 e. The van der Waals surface area contributed by atoms with Gasteiger partial charge >= 0.3 is 18.1 Å². The number of nitrogens with zero attached hydrogens (tertiary/aromatic N) is 1. The molecule has 2 aromatic rings. The maximum atomic E-state index is 13.4. The third kappa shape index (κ3) is 11.7. The fourth-order valence-electron chi connectivity index (χ4n) is 4.12. The lowest BCUT2D eigenvalue weighted by Gasteiger charge is -2.28. The number of carbonyl (C=O) groups is 5. The zero-order valence-electron chi connectivity index (χ0n) is 23.0. The monoisotopic (exact) mass is 610 g/mol. The van der Waals surface area contributed by atoms with Gasteiger partial charge in [-0.1, -0.05) is 60.7 Å². The van der Waals surface area contributed by atoms with Crippen molar-refractivity contribution in [1.29, 1.82) is 0 Å². The van der Waals surface area contributed by atoms with Crippen molar-refractivity contribution in [3.63, 3.8) is 0 Å². The third-order valence-corrected chi connectivity index (χ3v) is 6.19. The van der Waals surface area contributed by atoms with Crippen LogP contribution >= 0.6 is 0 Å². The van der Waals surface area contributed by atoms with Crippen molar-refractivity contribution in [2.45, 2.75) is 50.2 Å². The summed E-state index contributed by atoms with van der Waals surface area (Å²) in [6.45, 7) is 0.0266. The van der Waals surface area contributed by atoms with E-state index >= 15 is 0 Å². The summed E-state index contributed by atoms with van der Waals surface area (Å²) < 4.78 is 37.5. The molecule has 12 nitrogen and oxygen atoms in total. The predicted octanol–water partition coefficient (Wildman–Crippen LogP) is 1.08. The SMILES string of the molecule is NCC(=O)N[C@@H](Cc1ccccc1)C(=O)N[C@@H](COCc1ccccc1)C(=O)N1CCC[C@H]1C(=O)O.O=C(O)C(F)(F)F. The van der Waals surface area contributed by atoms with Crippen LogP contribution in [0, 0.1) is 0 Å². The van der Waals surface area contributed by atoms with Gasteiger partial charge < -0.3 is 36.2 Å². The molecular formula is C28H33F3N4O8. The van der Waals surface area contributed by atoms with Gasteiger partial charge in [0.2, 0.25) is 17.7 Å². The molecule has 2 aromatic carbocycles. The Balaban J connectivity index is 0.000000821. The van der Waals surface area contributed by atoms with Crippen LogP contribution in [-0.4, -0.2) is 88.8 Å². The van der Waals surface area contributed by atoms with E-state index in [4.69, 9.17) is 20.4 Å². The van der Waals surface area contributed by atoms with Gasteiger partial charge in [-0.3, -0.25) is 14.4 Å². The second kappa shape index (κ2) is 16.8. The second-order valence-corrected chi connectivity index (χ2v) is 9.41. The number of hydrogen-bond donors (Lipinski definition) is 5. The minimum Gasteiger partial charge on any atom is -0.480 e. The van der Waals surface area contributed by atoms with Gasteiger partial charge in [-0.15, -0.1) is 0 Å². The van der Waals surface area contributed by atoms with E-state index in [0.717, 1.165) is 11.1 Å². The molecule has 1 fully saturated rings. The lowest BCUT2D eigenvalue weighted by molar-refractivity contribution is -0.192. The van der Waals surface area contributed by atoms with Gasteiger partial charge in [0.05, 0.1) is 19.8 Å². The number of alkyl halides is 3. The van der Waals surface area contributed by atoms with E-state index in [9.17, 15) is 37.5 Å². The summed E-state index contributed by atoms with van der Waals surface area (Å²) in [6.07, 6.45) is -4.00. The van der Waals surface area contributed by atoms with Crippen LogP contribution < -0.4 is 16.4 Å². The van der Waals surface area contributed by atoms with Crippen LogP contribution in [0.25, 0.3) is 0 Å². The Labute approximate surface area is 245 Å². The average Bonchev–Trinajstić information content (AvgIpc) is 3.47. The van der Waals surface area contributed by atoms with E-state index in [2.05, 4.69) is 10.6 Å². The zero-order chi connectivity index (χ0) is 32.0. The number of rotatable bonds is 12. The first kappa shape index (κ1) is 34.7. The van der Waals surface area contributed by atoms with Crippen LogP contribution in [-0.2, 0) is 41.7 Å². The fourth-order valence-corrected chi connectivity index (χ4v) is 4.12. The number of nitrogens with one attached hydrogen (secondary N) is 2. The molecule has 43 heavy (non-hydrogen) atoms. The van der Waals surface area contributed by atoms with Gasteiger partial charge in [0.15, 0.2) is 0 Å². The molecule has 0 aromatic heterocycles. The first-order valence-corrected chi connectivity index (χ1v) is 13.1. The van der Waals surface area contributed by atoms with Gasteiger partial charge in [-0.25, -0.2) is 9.59 Å². The maximum absolute atomic E-state index is 13.4. The molecule has 1 aliphatic rings. The molecule has 0 aliphatic carbocycles. The molecule has 0 saturated carbocycles. The number of carboxylic acids is 2. The highest BCUT2D eigenvalue weighted by Gasteiger charge is 2.39. The molecule has 3 amide bonds. The van der Waals surface area contributed by atoms with Crippen LogP contribution in [0.3, 0.4) is 0 Å². The number of hydrogen-bond acceptors (Lipinski definition) is 7. The molecular weight excluding hydrogens is 577 g/mol.